The maximum atomic E-state index is 6.36. The SMILES string of the molecule is Cc1cccc(-c2[nH]c(CN(I)Cc3c(Cl)cccc3Cl)nc2-c2ccc3ncnn3c2)n1. The highest BCUT2D eigenvalue weighted by Gasteiger charge is 2.18. The number of rotatable bonds is 6. The number of hydrogen-bond donors (Lipinski definition) is 1. The zero-order valence-electron chi connectivity index (χ0n) is 17.5. The fraction of sp³-hybridized carbons (Fsp3) is 0.130. The van der Waals surface area contributed by atoms with Crippen molar-refractivity contribution in [1.82, 2.24) is 32.7 Å². The van der Waals surface area contributed by atoms with Crippen LogP contribution in [0.1, 0.15) is 17.1 Å². The number of halogens is 3. The second-order valence-corrected chi connectivity index (χ2v) is 9.71. The van der Waals surface area contributed by atoms with Crippen molar-refractivity contribution >= 4 is 51.7 Å². The molecule has 0 saturated carbocycles. The van der Waals surface area contributed by atoms with E-state index in [4.69, 9.17) is 33.2 Å². The minimum atomic E-state index is 0.562. The van der Waals surface area contributed by atoms with E-state index in [1.165, 1.54) is 6.33 Å². The molecule has 0 radical (unpaired) electrons. The number of nitrogens with zero attached hydrogens (tertiary/aromatic N) is 6. The van der Waals surface area contributed by atoms with Gasteiger partial charge in [0, 0.05) is 62.5 Å². The number of benzene rings is 1. The van der Waals surface area contributed by atoms with Crippen molar-refractivity contribution < 1.29 is 0 Å². The van der Waals surface area contributed by atoms with Crippen molar-refractivity contribution in [2.24, 2.45) is 0 Å². The first-order valence-electron chi connectivity index (χ1n) is 10.1. The van der Waals surface area contributed by atoms with E-state index in [9.17, 15) is 0 Å². The summed E-state index contributed by atoms with van der Waals surface area (Å²) in [5.74, 6) is 0.805. The number of hydrogen-bond acceptors (Lipinski definition) is 5. The molecule has 0 spiro atoms. The van der Waals surface area contributed by atoms with Gasteiger partial charge in [-0.2, -0.15) is 5.10 Å². The number of H-pyrrole nitrogens is 1. The normalized spacial score (nSPS) is 11.5. The van der Waals surface area contributed by atoms with Crippen LogP contribution in [0.2, 0.25) is 10.0 Å². The molecule has 166 valence electrons. The molecule has 10 heteroatoms. The Bertz CT molecular complexity index is 1430. The average Bonchev–Trinajstić information content (AvgIpc) is 3.43. The van der Waals surface area contributed by atoms with Crippen LogP contribution in [0.5, 0.6) is 0 Å². The Labute approximate surface area is 214 Å². The van der Waals surface area contributed by atoms with Gasteiger partial charge >= 0.3 is 0 Å². The molecule has 0 saturated heterocycles. The van der Waals surface area contributed by atoms with Gasteiger partial charge in [0.2, 0.25) is 0 Å². The third-order valence-corrected chi connectivity index (χ3v) is 6.55. The summed E-state index contributed by atoms with van der Waals surface area (Å²) in [6.07, 6.45) is 3.46. The lowest BCUT2D eigenvalue weighted by Crippen LogP contribution is -2.12. The molecule has 1 aromatic carbocycles. The maximum absolute atomic E-state index is 6.36. The van der Waals surface area contributed by atoms with Crippen LogP contribution >= 0.6 is 46.1 Å². The number of aromatic nitrogens is 6. The minimum absolute atomic E-state index is 0.562. The van der Waals surface area contributed by atoms with Gasteiger partial charge in [0.25, 0.3) is 0 Å². The molecule has 0 aliphatic rings. The predicted molar refractivity (Wildman–Crippen MR) is 138 cm³/mol. The lowest BCUT2D eigenvalue weighted by atomic mass is 10.1. The highest BCUT2D eigenvalue weighted by molar-refractivity contribution is 14.1. The summed E-state index contributed by atoms with van der Waals surface area (Å²) >= 11 is 15.0. The number of aryl methyl sites for hydroxylation is 1. The molecule has 0 aliphatic heterocycles. The second kappa shape index (κ2) is 9.38. The van der Waals surface area contributed by atoms with Gasteiger partial charge in [-0.3, -0.25) is 4.98 Å². The molecular formula is C23H18Cl2IN7. The summed E-state index contributed by atoms with van der Waals surface area (Å²) in [5.41, 5.74) is 6.01. The molecule has 0 unspecified atom stereocenters. The van der Waals surface area contributed by atoms with Crippen molar-refractivity contribution in [2.75, 3.05) is 0 Å². The molecule has 0 bridgehead atoms. The van der Waals surface area contributed by atoms with Crippen molar-refractivity contribution in [3.05, 3.63) is 88.2 Å². The van der Waals surface area contributed by atoms with E-state index in [1.54, 1.807) is 4.52 Å². The number of aromatic amines is 1. The molecular weight excluding hydrogens is 572 g/mol. The first-order chi connectivity index (χ1) is 16.0. The molecule has 0 amide bonds. The van der Waals surface area contributed by atoms with Crippen molar-refractivity contribution in [1.29, 1.82) is 0 Å². The molecule has 5 aromatic rings. The third kappa shape index (κ3) is 4.74. The molecule has 0 aliphatic carbocycles. The van der Waals surface area contributed by atoms with Crippen LogP contribution in [0.25, 0.3) is 28.3 Å². The summed E-state index contributed by atoms with van der Waals surface area (Å²) in [6.45, 7) is 3.12. The van der Waals surface area contributed by atoms with Crippen LogP contribution in [-0.2, 0) is 13.1 Å². The lowest BCUT2D eigenvalue weighted by Gasteiger charge is -2.15. The molecule has 4 heterocycles. The summed E-state index contributed by atoms with van der Waals surface area (Å²) < 4.78 is 3.82. The van der Waals surface area contributed by atoms with Gasteiger partial charge in [-0.25, -0.2) is 17.6 Å². The van der Waals surface area contributed by atoms with Gasteiger partial charge < -0.3 is 4.98 Å². The Balaban J connectivity index is 1.51. The van der Waals surface area contributed by atoms with Crippen LogP contribution in [-0.4, -0.2) is 32.7 Å². The van der Waals surface area contributed by atoms with E-state index in [0.29, 0.717) is 23.1 Å². The second-order valence-electron chi connectivity index (χ2n) is 7.53. The number of pyridine rings is 2. The smallest absolute Gasteiger partial charge is 0.155 e. The molecule has 0 atom stereocenters. The van der Waals surface area contributed by atoms with Crippen molar-refractivity contribution in [3.8, 4) is 22.6 Å². The molecule has 0 fully saturated rings. The van der Waals surface area contributed by atoms with Crippen molar-refractivity contribution in [3.63, 3.8) is 0 Å². The van der Waals surface area contributed by atoms with Crippen LogP contribution in [0.4, 0.5) is 0 Å². The fourth-order valence-electron chi connectivity index (χ4n) is 3.60. The van der Waals surface area contributed by atoms with Crippen LogP contribution in [0.15, 0.2) is 61.1 Å². The largest absolute Gasteiger partial charge is 0.339 e. The molecule has 7 nitrogen and oxygen atoms in total. The number of nitrogens with one attached hydrogen (secondary N) is 1. The summed E-state index contributed by atoms with van der Waals surface area (Å²) in [4.78, 5) is 17.4. The van der Waals surface area contributed by atoms with Crippen molar-refractivity contribution in [2.45, 2.75) is 20.0 Å². The zero-order valence-corrected chi connectivity index (χ0v) is 21.2. The molecule has 5 rings (SSSR count). The van der Waals surface area contributed by atoms with E-state index in [1.807, 2.05) is 61.7 Å². The Kier molecular flexibility index (Phi) is 6.33. The van der Waals surface area contributed by atoms with E-state index >= 15 is 0 Å². The van der Waals surface area contributed by atoms with Gasteiger partial charge in [-0.1, -0.05) is 35.3 Å². The molecule has 4 aromatic heterocycles. The standard InChI is InChI=1S/C23H18Cl2IN7/c1-14-4-2-7-19(29-14)23-22(15-8-9-21-27-13-28-33(21)10-15)30-20(31-23)12-32(26)11-16-17(24)5-3-6-18(16)25/h2-10,13H,11-12H2,1H3,(H,30,31). The maximum Gasteiger partial charge on any atom is 0.155 e. The number of fused-ring (bicyclic) bond motifs is 1. The number of imidazole rings is 1. The van der Waals surface area contributed by atoms with Crippen LogP contribution in [0, 0.1) is 6.92 Å². The Hall–Kier alpha value is -2.53. The van der Waals surface area contributed by atoms with Crippen LogP contribution < -0.4 is 0 Å². The monoisotopic (exact) mass is 589 g/mol. The lowest BCUT2D eigenvalue weighted by molar-refractivity contribution is 0.490. The topological polar surface area (TPSA) is 75.0 Å². The molecule has 33 heavy (non-hydrogen) atoms. The van der Waals surface area contributed by atoms with Gasteiger partial charge in [0.05, 0.1) is 23.6 Å². The van der Waals surface area contributed by atoms with E-state index in [-0.39, 0.29) is 0 Å². The van der Waals surface area contributed by atoms with Gasteiger partial charge in [0.1, 0.15) is 12.2 Å². The first kappa shape index (κ1) is 22.3. The van der Waals surface area contributed by atoms with E-state index < -0.39 is 0 Å². The molecule has 1 N–H and O–H groups in total. The summed E-state index contributed by atoms with van der Waals surface area (Å²) in [7, 11) is 0. The quantitative estimate of drug-likeness (QED) is 0.190. The summed E-state index contributed by atoms with van der Waals surface area (Å²) in [5, 5.41) is 5.55. The van der Waals surface area contributed by atoms with E-state index in [2.05, 4.69) is 41.0 Å². The average molecular weight is 590 g/mol. The predicted octanol–water partition coefficient (Wildman–Crippen LogP) is 6.15. The van der Waals surface area contributed by atoms with Gasteiger partial charge in [0.15, 0.2) is 5.65 Å². The minimum Gasteiger partial charge on any atom is -0.339 e. The summed E-state index contributed by atoms with van der Waals surface area (Å²) in [6, 6.07) is 15.4. The Morgan fingerprint density at radius 2 is 1.79 bits per heavy atom. The Morgan fingerprint density at radius 1 is 1.00 bits per heavy atom. The zero-order chi connectivity index (χ0) is 22.9. The van der Waals surface area contributed by atoms with E-state index in [0.717, 1.165) is 45.4 Å². The van der Waals surface area contributed by atoms with Crippen LogP contribution in [0.3, 0.4) is 0 Å². The first-order valence-corrected chi connectivity index (χ1v) is 11.9. The highest BCUT2D eigenvalue weighted by atomic mass is 127. The van der Waals surface area contributed by atoms with Gasteiger partial charge in [-0.05, 0) is 43.3 Å². The fourth-order valence-corrected chi connectivity index (χ4v) is 4.79. The van der Waals surface area contributed by atoms with Gasteiger partial charge in [-0.15, -0.1) is 0 Å². The Morgan fingerprint density at radius 3 is 2.58 bits per heavy atom. The third-order valence-electron chi connectivity index (χ3n) is 5.16. The highest BCUT2D eigenvalue weighted by Crippen LogP contribution is 2.31.